The molecule has 2 unspecified atom stereocenters. The van der Waals surface area contributed by atoms with Gasteiger partial charge in [-0.1, -0.05) is 12.1 Å². The van der Waals surface area contributed by atoms with Crippen LogP contribution >= 0.6 is 0 Å². The molecule has 1 fully saturated rings. The Kier molecular flexibility index (Phi) is 6.24. The average molecular weight is 421 g/mol. The molecule has 2 aromatic rings. The van der Waals surface area contributed by atoms with Crippen LogP contribution in [0.15, 0.2) is 53.4 Å². The first-order valence-corrected chi connectivity index (χ1v) is 10.9. The smallest absolute Gasteiger partial charge is 0.243 e. The zero-order valence-corrected chi connectivity index (χ0v) is 17.4. The number of rotatable bonds is 6. The predicted octanol–water partition coefficient (Wildman–Crippen LogP) is 2.76. The summed E-state index contributed by atoms with van der Waals surface area (Å²) in [5, 5.41) is 2.86. The number of hydrogen-bond acceptors (Lipinski definition) is 4. The number of methoxy groups -OCH3 is 1. The summed E-state index contributed by atoms with van der Waals surface area (Å²) in [6, 6.07) is 12.0. The van der Waals surface area contributed by atoms with E-state index in [4.69, 9.17) is 4.74 Å². The summed E-state index contributed by atoms with van der Waals surface area (Å²) in [7, 11) is -2.30. The van der Waals surface area contributed by atoms with E-state index in [2.05, 4.69) is 5.32 Å². The van der Waals surface area contributed by atoms with Crippen LogP contribution in [-0.4, -0.2) is 44.9 Å². The first kappa shape index (κ1) is 21.3. The summed E-state index contributed by atoms with van der Waals surface area (Å²) < 4.78 is 46.5. The Balaban J connectivity index is 1.93. The summed E-state index contributed by atoms with van der Waals surface area (Å²) in [5.74, 6) is -1.13. The highest BCUT2D eigenvalue weighted by molar-refractivity contribution is 7.89. The minimum atomic E-state index is -3.81. The van der Waals surface area contributed by atoms with Crippen LogP contribution in [-0.2, 0) is 14.8 Å². The van der Waals surface area contributed by atoms with Crippen molar-refractivity contribution in [1.82, 2.24) is 9.62 Å². The molecule has 0 saturated carbocycles. The Labute approximate surface area is 170 Å². The number of carbonyl (C=O) groups is 1. The van der Waals surface area contributed by atoms with Crippen LogP contribution < -0.4 is 10.1 Å². The Bertz CT molecular complexity index is 976. The Morgan fingerprint density at radius 1 is 1.17 bits per heavy atom. The summed E-state index contributed by atoms with van der Waals surface area (Å²) in [6.07, 6.45) is 0. The number of benzene rings is 2. The predicted molar refractivity (Wildman–Crippen MR) is 108 cm³/mol. The van der Waals surface area contributed by atoms with E-state index < -0.39 is 27.7 Å². The largest absolute Gasteiger partial charge is 0.497 e. The minimum Gasteiger partial charge on any atom is -0.497 e. The summed E-state index contributed by atoms with van der Waals surface area (Å²) in [4.78, 5) is 12.9. The maximum absolute atomic E-state index is 13.8. The molecule has 156 valence electrons. The molecular weight excluding hydrogens is 395 g/mol. The molecule has 1 aliphatic rings. The highest BCUT2D eigenvalue weighted by Gasteiger charge is 2.43. The lowest BCUT2D eigenvalue weighted by atomic mass is 9.88. The Morgan fingerprint density at radius 2 is 1.86 bits per heavy atom. The van der Waals surface area contributed by atoms with Crippen LogP contribution in [0.5, 0.6) is 5.75 Å². The van der Waals surface area contributed by atoms with Gasteiger partial charge in [0.1, 0.15) is 11.6 Å². The quantitative estimate of drug-likeness (QED) is 0.780. The first-order valence-electron chi connectivity index (χ1n) is 9.42. The van der Waals surface area contributed by atoms with Crippen LogP contribution in [0.4, 0.5) is 4.39 Å². The van der Waals surface area contributed by atoms with E-state index in [1.807, 2.05) is 13.8 Å². The molecule has 29 heavy (non-hydrogen) atoms. The second-order valence-electron chi connectivity index (χ2n) is 7.43. The number of nitrogens with one attached hydrogen (secondary N) is 1. The third kappa shape index (κ3) is 4.59. The van der Waals surface area contributed by atoms with Crippen molar-refractivity contribution in [2.45, 2.75) is 30.7 Å². The molecule has 2 aromatic carbocycles. The van der Waals surface area contributed by atoms with E-state index in [0.717, 1.165) is 0 Å². The van der Waals surface area contributed by atoms with Crippen molar-refractivity contribution < 1.29 is 22.3 Å². The van der Waals surface area contributed by atoms with E-state index in [9.17, 15) is 17.6 Å². The van der Waals surface area contributed by atoms with Gasteiger partial charge in [0, 0.05) is 25.0 Å². The van der Waals surface area contributed by atoms with Gasteiger partial charge in [-0.05, 0) is 55.8 Å². The third-order valence-electron chi connectivity index (χ3n) is 5.03. The lowest BCUT2D eigenvalue weighted by Crippen LogP contribution is -2.39. The molecule has 1 amide bonds. The van der Waals surface area contributed by atoms with E-state index in [1.54, 1.807) is 24.3 Å². The molecular formula is C21H25FN2O4S. The molecule has 6 nitrogen and oxygen atoms in total. The van der Waals surface area contributed by atoms with Crippen LogP contribution in [0.3, 0.4) is 0 Å². The molecule has 1 saturated heterocycles. The molecule has 3 rings (SSSR count). The lowest BCUT2D eigenvalue weighted by Gasteiger charge is -2.19. The topological polar surface area (TPSA) is 75.7 Å². The second-order valence-corrected chi connectivity index (χ2v) is 9.37. The Hall–Kier alpha value is -2.45. The average Bonchev–Trinajstić information content (AvgIpc) is 3.14. The number of halogens is 1. The molecule has 0 radical (unpaired) electrons. The van der Waals surface area contributed by atoms with Gasteiger partial charge < -0.3 is 10.1 Å². The maximum atomic E-state index is 13.8. The third-order valence-corrected chi connectivity index (χ3v) is 6.87. The van der Waals surface area contributed by atoms with Crippen molar-refractivity contribution in [2.24, 2.45) is 5.92 Å². The second kappa shape index (κ2) is 8.51. The van der Waals surface area contributed by atoms with E-state index in [-0.39, 0.29) is 29.9 Å². The van der Waals surface area contributed by atoms with Gasteiger partial charge in [0.2, 0.25) is 15.9 Å². The van der Waals surface area contributed by atoms with Crippen LogP contribution in [0.1, 0.15) is 25.3 Å². The fourth-order valence-electron chi connectivity index (χ4n) is 3.59. The fraction of sp³-hybridized carbons (Fsp3) is 0.381. The molecule has 1 N–H and O–H groups in total. The highest BCUT2D eigenvalue weighted by Crippen LogP contribution is 2.36. The van der Waals surface area contributed by atoms with Gasteiger partial charge in [-0.15, -0.1) is 0 Å². The molecule has 0 bridgehead atoms. The summed E-state index contributed by atoms with van der Waals surface area (Å²) in [5.41, 5.74) is 0.612. The van der Waals surface area contributed by atoms with Crippen molar-refractivity contribution in [1.29, 1.82) is 0 Å². The van der Waals surface area contributed by atoms with E-state index >= 15 is 0 Å². The van der Waals surface area contributed by atoms with Gasteiger partial charge in [-0.3, -0.25) is 4.79 Å². The van der Waals surface area contributed by atoms with Crippen LogP contribution in [0.25, 0.3) is 0 Å². The van der Waals surface area contributed by atoms with Gasteiger partial charge in [-0.25, -0.2) is 12.8 Å². The van der Waals surface area contributed by atoms with Crippen molar-refractivity contribution >= 4 is 15.9 Å². The molecule has 0 aliphatic carbocycles. The van der Waals surface area contributed by atoms with E-state index in [0.29, 0.717) is 11.3 Å². The number of ether oxygens (including phenoxy) is 1. The zero-order valence-electron chi connectivity index (χ0n) is 16.6. The number of sulfonamides is 1. The van der Waals surface area contributed by atoms with Gasteiger partial charge in [0.05, 0.1) is 17.9 Å². The summed E-state index contributed by atoms with van der Waals surface area (Å²) >= 11 is 0. The van der Waals surface area contributed by atoms with Crippen molar-refractivity contribution in [3.63, 3.8) is 0 Å². The minimum absolute atomic E-state index is 0.0358. The summed E-state index contributed by atoms with van der Waals surface area (Å²) in [6.45, 7) is 3.83. The van der Waals surface area contributed by atoms with Crippen LogP contribution in [0, 0.1) is 11.7 Å². The zero-order chi connectivity index (χ0) is 21.2. The molecule has 8 heteroatoms. The Morgan fingerprint density at radius 3 is 2.45 bits per heavy atom. The molecule has 1 heterocycles. The molecule has 1 aliphatic heterocycles. The fourth-order valence-corrected chi connectivity index (χ4v) is 5.08. The van der Waals surface area contributed by atoms with Crippen molar-refractivity contribution in [3.05, 3.63) is 59.9 Å². The van der Waals surface area contributed by atoms with E-state index in [1.165, 1.54) is 35.7 Å². The standard InChI is InChI=1S/C21H25FN2O4S/c1-14(2)23-21(25)20-13-24(12-19(20)15-5-4-6-16(22)11-15)29(26,27)18-9-7-17(28-3)8-10-18/h4-11,14,19-20H,12-13H2,1-3H3,(H,23,25). The van der Waals surface area contributed by atoms with Crippen LogP contribution in [0.2, 0.25) is 0 Å². The van der Waals surface area contributed by atoms with Gasteiger partial charge >= 0.3 is 0 Å². The number of carbonyl (C=O) groups excluding carboxylic acids is 1. The molecule has 2 atom stereocenters. The van der Waals surface area contributed by atoms with Gasteiger partial charge in [0.25, 0.3) is 0 Å². The number of nitrogens with zero attached hydrogens (tertiary/aromatic N) is 1. The molecule has 0 spiro atoms. The van der Waals surface area contributed by atoms with Crippen molar-refractivity contribution in [3.8, 4) is 5.75 Å². The SMILES string of the molecule is COc1ccc(S(=O)(=O)N2CC(C(=O)NC(C)C)C(c3cccc(F)c3)C2)cc1. The maximum Gasteiger partial charge on any atom is 0.243 e. The van der Waals surface area contributed by atoms with Gasteiger partial charge in [0.15, 0.2) is 0 Å². The van der Waals surface area contributed by atoms with Crippen molar-refractivity contribution in [2.75, 3.05) is 20.2 Å². The highest BCUT2D eigenvalue weighted by atomic mass is 32.2. The monoisotopic (exact) mass is 420 g/mol. The normalized spacial score (nSPS) is 20.0. The first-order chi connectivity index (χ1) is 13.7. The molecule has 0 aromatic heterocycles. The number of hydrogen-bond donors (Lipinski definition) is 1. The van der Waals surface area contributed by atoms with Gasteiger partial charge in [-0.2, -0.15) is 4.31 Å². The lowest BCUT2D eigenvalue weighted by molar-refractivity contribution is -0.125. The number of amides is 1.